The van der Waals surface area contributed by atoms with Gasteiger partial charge >= 0.3 is 0 Å². The quantitative estimate of drug-likeness (QED) is 0.198. The highest BCUT2D eigenvalue weighted by Crippen LogP contribution is 2.45. The van der Waals surface area contributed by atoms with Crippen LogP contribution in [0.2, 0.25) is 0 Å². The zero-order valence-electron chi connectivity index (χ0n) is 25.1. The van der Waals surface area contributed by atoms with Gasteiger partial charge in [0.15, 0.2) is 5.58 Å². The van der Waals surface area contributed by atoms with Crippen LogP contribution in [0, 0.1) is 0 Å². The molecule has 3 heterocycles. The third kappa shape index (κ3) is 3.39. The summed E-state index contributed by atoms with van der Waals surface area (Å²) in [5.74, 6) is 0.597. The Morgan fingerprint density at radius 2 is 1.09 bits per heavy atom. The minimum atomic E-state index is 0.597. The van der Waals surface area contributed by atoms with Crippen LogP contribution < -0.4 is 0 Å². The van der Waals surface area contributed by atoms with Crippen molar-refractivity contribution in [2.24, 2.45) is 0 Å². The molecule has 47 heavy (non-hydrogen) atoms. The molecule has 0 N–H and O–H groups in total. The summed E-state index contributed by atoms with van der Waals surface area (Å²) in [6, 6.07) is 51.4. The van der Waals surface area contributed by atoms with Gasteiger partial charge in [-0.15, -0.1) is 0 Å². The maximum Gasteiger partial charge on any atom is 0.227 e. The molecule has 11 aromatic rings. The van der Waals surface area contributed by atoms with Crippen molar-refractivity contribution in [3.63, 3.8) is 0 Å². The monoisotopic (exact) mass is 600 g/mol. The van der Waals surface area contributed by atoms with Gasteiger partial charge < -0.3 is 13.4 Å². The molecule has 4 heteroatoms. The molecule has 0 unspecified atom stereocenters. The average molecular weight is 601 g/mol. The molecule has 0 saturated carbocycles. The lowest BCUT2D eigenvalue weighted by Gasteiger charge is -2.12. The minimum absolute atomic E-state index is 0.597. The van der Waals surface area contributed by atoms with Crippen molar-refractivity contribution in [1.29, 1.82) is 0 Å². The summed E-state index contributed by atoms with van der Waals surface area (Å²) in [5, 5.41) is 11.8. The fraction of sp³-hybridized carbons (Fsp3) is 0. The van der Waals surface area contributed by atoms with E-state index < -0.39 is 0 Å². The summed E-state index contributed by atoms with van der Waals surface area (Å²) in [7, 11) is 0. The Balaban J connectivity index is 1.33. The summed E-state index contributed by atoms with van der Waals surface area (Å²) < 4.78 is 15.4. The summed E-state index contributed by atoms with van der Waals surface area (Å²) >= 11 is 0. The molecule has 11 rings (SSSR count). The van der Waals surface area contributed by atoms with Gasteiger partial charge in [-0.05, 0) is 75.5 Å². The molecule has 4 nitrogen and oxygen atoms in total. The lowest BCUT2D eigenvalue weighted by atomic mass is 10.00. The summed E-state index contributed by atoms with van der Waals surface area (Å²) in [6.07, 6.45) is 0. The molecule has 0 aliphatic carbocycles. The molecule has 8 aromatic carbocycles. The molecule has 0 radical (unpaired) electrons. The SMILES string of the molecule is c1ccc2c(c1)cc(-n1c3ccc4ccccc4c3c3c4ccccc4ccc31)c1c3cc(-c4nc5ccccc5o4)ccc3oc21. The Morgan fingerprint density at radius 1 is 0.447 bits per heavy atom. The molecule has 0 fully saturated rings. The number of furan rings is 1. The van der Waals surface area contributed by atoms with E-state index in [1.54, 1.807) is 0 Å². The first kappa shape index (κ1) is 24.9. The average Bonchev–Trinajstić information content (AvgIpc) is 3.83. The van der Waals surface area contributed by atoms with E-state index in [0.29, 0.717) is 5.89 Å². The van der Waals surface area contributed by atoms with Gasteiger partial charge in [0.25, 0.3) is 0 Å². The molecule has 0 aliphatic rings. The fourth-order valence-corrected chi connectivity index (χ4v) is 7.70. The Morgan fingerprint density at radius 3 is 1.81 bits per heavy atom. The number of rotatable bonds is 2. The van der Waals surface area contributed by atoms with Gasteiger partial charge in [0.1, 0.15) is 16.7 Å². The second-order valence-corrected chi connectivity index (χ2v) is 12.3. The molecule has 218 valence electrons. The van der Waals surface area contributed by atoms with Gasteiger partial charge in [-0.2, -0.15) is 0 Å². The van der Waals surface area contributed by atoms with Crippen LogP contribution in [0.15, 0.2) is 154 Å². The number of benzene rings is 8. The van der Waals surface area contributed by atoms with Crippen molar-refractivity contribution in [2.45, 2.75) is 0 Å². The number of hydrogen-bond donors (Lipinski definition) is 0. The topological polar surface area (TPSA) is 44.1 Å². The number of nitrogens with zero attached hydrogens (tertiary/aromatic N) is 2. The van der Waals surface area contributed by atoms with Crippen molar-refractivity contribution in [1.82, 2.24) is 9.55 Å². The van der Waals surface area contributed by atoms with Crippen LogP contribution in [0.3, 0.4) is 0 Å². The molecule has 0 saturated heterocycles. The maximum atomic E-state index is 6.75. The largest absolute Gasteiger partial charge is 0.455 e. The van der Waals surface area contributed by atoms with Gasteiger partial charge in [-0.25, -0.2) is 4.98 Å². The first-order chi connectivity index (χ1) is 23.3. The first-order valence-corrected chi connectivity index (χ1v) is 15.9. The Labute approximate surface area is 267 Å². The second kappa shape index (κ2) is 9.09. The number of aromatic nitrogens is 2. The van der Waals surface area contributed by atoms with Crippen LogP contribution in [0.25, 0.3) is 104 Å². The fourth-order valence-electron chi connectivity index (χ4n) is 7.70. The summed E-state index contributed by atoms with van der Waals surface area (Å²) in [5.41, 5.74) is 7.64. The molecular formula is C43H24N2O2. The van der Waals surface area contributed by atoms with E-state index in [9.17, 15) is 0 Å². The zero-order chi connectivity index (χ0) is 30.6. The van der Waals surface area contributed by atoms with E-state index in [0.717, 1.165) is 66.1 Å². The van der Waals surface area contributed by atoms with E-state index in [4.69, 9.17) is 13.8 Å². The van der Waals surface area contributed by atoms with Crippen molar-refractivity contribution in [3.8, 4) is 17.1 Å². The van der Waals surface area contributed by atoms with Gasteiger partial charge in [0, 0.05) is 27.1 Å². The summed E-state index contributed by atoms with van der Waals surface area (Å²) in [6.45, 7) is 0. The molecule has 0 spiro atoms. The second-order valence-electron chi connectivity index (χ2n) is 12.3. The van der Waals surface area contributed by atoms with Crippen LogP contribution >= 0.6 is 0 Å². The number of oxazole rings is 1. The smallest absolute Gasteiger partial charge is 0.227 e. The molecule has 3 aromatic heterocycles. The van der Waals surface area contributed by atoms with Crippen LogP contribution in [-0.4, -0.2) is 9.55 Å². The number of fused-ring (bicyclic) bond motifs is 13. The third-order valence-electron chi connectivity index (χ3n) is 9.77. The van der Waals surface area contributed by atoms with E-state index in [2.05, 4.69) is 114 Å². The normalized spacial score (nSPS) is 12.3. The maximum absolute atomic E-state index is 6.75. The van der Waals surface area contributed by atoms with Gasteiger partial charge in [0.2, 0.25) is 5.89 Å². The highest BCUT2D eigenvalue weighted by Gasteiger charge is 2.23. The van der Waals surface area contributed by atoms with E-state index >= 15 is 0 Å². The Bertz CT molecular complexity index is 2960. The van der Waals surface area contributed by atoms with Crippen LogP contribution in [0.5, 0.6) is 0 Å². The predicted octanol–water partition coefficient (Wildman–Crippen LogP) is 12.0. The highest BCUT2D eigenvalue weighted by atomic mass is 16.3. The zero-order valence-corrected chi connectivity index (χ0v) is 25.1. The van der Waals surface area contributed by atoms with E-state index in [-0.39, 0.29) is 0 Å². The standard InChI is InChI=1S/C43H24N2O2/c1-4-12-29-25(9-1)17-20-34-39(29)40-30-13-5-2-10-26(30)18-21-35(40)45(34)36-24-27-11-3-6-14-31(27)42-41(36)32-23-28(19-22-37(32)46-42)43-44-33-15-7-8-16-38(33)47-43/h1-24H. The molecular weight excluding hydrogens is 576 g/mol. The summed E-state index contributed by atoms with van der Waals surface area (Å²) in [4.78, 5) is 4.81. The minimum Gasteiger partial charge on any atom is -0.455 e. The predicted molar refractivity (Wildman–Crippen MR) is 194 cm³/mol. The molecule has 0 atom stereocenters. The highest BCUT2D eigenvalue weighted by molar-refractivity contribution is 6.29. The third-order valence-corrected chi connectivity index (χ3v) is 9.77. The van der Waals surface area contributed by atoms with E-state index in [1.165, 1.54) is 32.3 Å². The van der Waals surface area contributed by atoms with Gasteiger partial charge in [0.05, 0.1) is 22.1 Å². The van der Waals surface area contributed by atoms with Crippen LogP contribution in [-0.2, 0) is 0 Å². The Hall–Kier alpha value is -6.39. The molecule has 0 bridgehead atoms. The number of para-hydroxylation sites is 2. The van der Waals surface area contributed by atoms with Crippen LogP contribution in [0.1, 0.15) is 0 Å². The van der Waals surface area contributed by atoms with Gasteiger partial charge in [-0.1, -0.05) is 97.1 Å². The first-order valence-electron chi connectivity index (χ1n) is 15.9. The molecule has 0 aliphatic heterocycles. The van der Waals surface area contributed by atoms with Crippen LogP contribution in [0.4, 0.5) is 0 Å². The lowest BCUT2D eigenvalue weighted by Crippen LogP contribution is -1.95. The Kier molecular flexibility index (Phi) is 4.81. The van der Waals surface area contributed by atoms with Crippen molar-refractivity contribution in [2.75, 3.05) is 0 Å². The van der Waals surface area contributed by atoms with Gasteiger partial charge in [-0.3, -0.25) is 0 Å². The van der Waals surface area contributed by atoms with Crippen molar-refractivity contribution < 1.29 is 8.83 Å². The van der Waals surface area contributed by atoms with Crippen molar-refractivity contribution in [3.05, 3.63) is 146 Å². The van der Waals surface area contributed by atoms with E-state index in [1.807, 2.05) is 36.4 Å². The number of hydrogen-bond acceptors (Lipinski definition) is 3. The van der Waals surface area contributed by atoms with Crippen molar-refractivity contribution >= 4 is 87.2 Å². The lowest BCUT2D eigenvalue weighted by molar-refractivity contribution is 0.620. The molecule has 0 amide bonds.